The summed E-state index contributed by atoms with van der Waals surface area (Å²) in [5, 5.41) is 2.56. The SMILES string of the molecule is CN1C(=O)C(=O)C(C(=O)NCCCc2ccc(F)cc2)N=C1N1CCCCS1(=O)=O. The smallest absolute Gasteiger partial charge is 0.299 e. The van der Waals surface area contributed by atoms with Crippen molar-refractivity contribution in [2.24, 2.45) is 4.99 Å². The second kappa shape index (κ2) is 8.90. The van der Waals surface area contributed by atoms with Gasteiger partial charge in [-0.3, -0.25) is 19.3 Å². The maximum absolute atomic E-state index is 12.9. The first-order chi connectivity index (χ1) is 14.2. The number of nitrogens with one attached hydrogen (secondary N) is 1. The van der Waals surface area contributed by atoms with Crippen molar-refractivity contribution in [2.75, 3.05) is 25.9 Å². The zero-order chi connectivity index (χ0) is 21.9. The highest BCUT2D eigenvalue weighted by atomic mass is 32.2. The fourth-order valence-corrected chi connectivity index (χ4v) is 4.92. The van der Waals surface area contributed by atoms with Gasteiger partial charge in [-0.1, -0.05) is 12.1 Å². The molecular formula is C19H23FN4O5S. The summed E-state index contributed by atoms with van der Waals surface area (Å²) in [7, 11) is -2.40. The molecule has 1 fully saturated rings. The average molecular weight is 438 g/mol. The van der Waals surface area contributed by atoms with Crippen LogP contribution in [0.15, 0.2) is 29.3 Å². The summed E-state index contributed by atoms with van der Waals surface area (Å²) in [5.41, 5.74) is 0.895. The lowest BCUT2D eigenvalue weighted by Gasteiger charge is -2.35. The molecule has 0 saturated carbocycles. The van der Waals surface area contributed by atoms with Gasteiger partial charge in [-0.15, -0.1) is 0 Å². The molecule has 3 rings (SSSR count). The molecule has 0 radical (unpaired) electrons. The Hall–Kier alpha value is -2.82. The average Bonchev–Trinajstić information content (AvgIpc) is 2.71. The normalized spacial score (nSPS) is 21.4. The molecule has 1 atom stereocenters. The van der Waals surface area contributed by atoms with Crippen LogP contribution in [0.3, 0.4) is 0 Å². The molecule has 2 aliphatic rings. The summed E-state index contributed by atoms with van der Waals surface area (Å²) in [6.07, 6.45) is 2.21. The zero-order valence-electron chi connectivity index (χ0n) is 16.5. The third-order valence-corrected chi connectivity index (χ3v) is 6.81. The van der Waals surface area contributed by atoms with Crippen molar-refractivity contribution in [1.82, 2.24) is 14.5 Å². The highest BCUT2D eigenvalue weighted by Gasteiger charge is 2.43. The van der Waals surface area contributed by atoms with Gasteiger partial charge in [0.2, 0.25) is 16.0 Å². The molecule has 1 aromatic carbocycles. The maximum Gasteiger partial charge on any atom is 0.299 e. The first-order valence-corrected chi connectivity index (χ1v) is 11.2. The van der Waals surface area contributed by atoms with Gasteiger partial charge in [-0.05, 0) is 43.4 Å². The number of hydrogen-bond acceptors (Lipinski definition) is 6. The minimum atomic E-state index is -3.66. The predicted molar refractivity (Wildman–Crippen MR) is 106 cm³/mol. The summed E-state index contributed by atoms with van der Waals surface area (Å²) < 4.78 is 38.6. The third-order valence-electron chi connectivity index (χ3n) is 4.98. The lowest BCUT2D eigenvalue weighted by atomic mass is 10.1. The van der Waals surface area contributed by atoms with Crippen LogP contribution in [0.5, 0.6) is 0 Å². The van der Waals surface area contributed by atoms with Gasteiger partial charge in [-0.2, -0.15) is 0 Å². The van der Waals surface area contributed by atoms with E-state index >= 15 is 0 Å². The number of nitrogens with zero attached hydrogens (tertiary/aromatic N) is 3. The van der Waals surface area contributed by atoms with Gasteiger partial charge in [0.05, 0.1) is 5.75 Å². The lowest BCUT2D eigenvalue weighted by molar-refractivity contribution is -0.145. The number of rotatable bonds is 5. The molecular weight excluding hydrogens is 415 g/mol. The van der Waals surface area contributed by atoms with Gasteiger partial charge in [0.15, 0.2) is 6.04 Å². The highest BCUT2D eigenvalue weighted by Crippen LogP contribution is 2.19. The first-order valence-electron chi connectivity index (χ1n) is 9.63. The topological polar surface area (TPSA) is 116 Å². The first kappa shape index (κ1) is 21.9. The number of guanidine groups is 1. The second-order valence-electron chi connectivity index (χ2n) is 7.18. The Kier molecular flexibility index (Phi) is 6.49. The molecule has 162 valence electrons. The summed E-state index contributed by atoms with van der Waals surface area (Å²) in [4.78, 5) is 42.0. The minimum absolute atomic E-state index is 0.0811. The Morgan fingerprint density at radius 1 is 1.23 bits per heavy atom. The van der Waals surface area contributed by atoms with E-state index in [0.29, 0.717) is 25.7 Å². The molecule has 0 aromatic heterocycles. The number of benzene rings is 1. The van der Waals surface area contributed by atoms with Crippen LogP contribution in [0.1, 0.15) is 24.8 Å². The zero-order valence-corrected chi connectivity index (χ0v) is 17.3. The number of halogens is 1. The van der Waals surface area contributed by atoms with E-state index in [9.17, 15) is 27.2 Å². The number of carbonyl (C=O) groups is 3. The number of amides is 2. The molecule has 9 nitrogen and oxygen atoms in total. The molecule has 2 amide bonds. The Morgan fingerprint density at radius 2 is 1.93 bits per heavy atom. The predicted octanol–water partition coefficient (Wildman–Crippen LogP) is 0.0658. The molecule has 1 N–H and O–H groups in total. The van der Waals surface area contributed by atoms with Crippen LogP contribution >= 0.6 is 0 Å². The summed E-state index contributed by atoms with van der Waals surface area (Å²) in [6.45, 7) is 0.357. The van der Waals surface area contributed by atoms with E-state index in [0.717, 1.165) is 14.8 Å². The van der Waals surface area contributed by atoms with Crippen molar-refractivity contribution >= 4 is 33.6 Å². The van der Waals surface area contributed by atoms with E-state index in [-0.39, 0.29) is 30.6 Å². The molecule has 11 heteroatoms. The number of likely N-dealkylation sites (N-methyl/N-ethyl adjacent to an activating group) is 1. The van der Waals surface area contributed by atoms with E-state index in [1.54, 1.807) is 12.1 Å². The van der Waals surface area contributed by atoms with Gasteiger partial charge < -0.3 is 5.32 Å². The fraction of sp³-hybridized carbons (Fsp3) is 0.474. The van der Waals surface area contributed by atoms with Gasteiger partial charge in [0.1, 0.15) is 5.82 Å². The standard InChI is InChI=1S/C19H23FN4O5S/c1-23-18(27)16(25)15(22-19(23)24-11-2-3-12-30(24,28)29)17(26)21-10-4-5-13-6-8-14(20)9-7-13/h6-9,15H,2-5,10-12H2,1H3,(H,21,26). The Balaban J connectivity index is 1.67. The summed E-state index contributed by atoms with van der Waals surface area (Å²) in [6, 6.07) is 4.37. The van der Waals surface area contributed by atoms with E-state index in [2.05, 4.69) is 10.3 Å². The number of aryl methyl sites for hydroxylation is 1. The maximum atomic E-state index is 12.9. The van der Waals surface area contributed by atoms with Crippen molar-refractivity contribution in [1.29, 1.82) is 0 Å². The Bertz CT molecular complexity index is 977. The molecule has 0 bridgehead atoms. The van der Waals surface area contributed by atoms with Crippen molar-refractivity contribution < 1.29 is 27.2 Å². The molecule has 30 heavy (non-hydrogen) atoms. The van der Waals surface area contributed by atoms with Crippen LogP contribution in [-0.2, 0) is 30.8 Å². The Morgan fingerprint density at radius 3 is 2.60 bits per heavy atom. The molecule has 2 aliphatic heterocycles. The second-order valence-corrected chi connectivity index (χ2v) is 9.19. The van der Waals surface area contributed by atoms with Gasteiger partial charge in [0, 0.05) is 20.1 Å². The highest BCUT2D eigenvalue weighted by molar-refractivity contribution is 7.89. The Labute approximate surface area is 174 Å². The molecule has 0 spiro atoms. The number of aliphatic imine (C=N–C) groups is 1. The van der Waals surface area contributed by atoms with E-state index in [1.807, 2.05) is 0 Å². The van der Waals surface area contributed by atoms with Gasteiger partial charge >= 0.3 is 0 Å². The summed E-state index contributed by atoms with van der Waals surface area (Å²) in [5.74, 6) is -3.36. The van der Waals surface area contributed by atoms with Crippen molar-refractivity contribution in [3.8, 4) is 0 Å². The molecule has 0 aliphatic carbocycles. The van der Waals surface area contributed by atoms with E-state index in [1.165, 1.54) is 19.2 Å². The number of sulfonamides is 1. The van der Waals surface area contributed by atoms with Gasteiger partial charge in [-0.25, -0.2) is 22.1 Å². The molecule has 1 saturated heterocycles. The molecule has 1 aromatic rings. The van der Waals surface area contributed by atoms with Gasteiger partial charge in [0.25, 0.3) is 17.6 Å². The van der Waals surface area contributed by atoms with Crippen molar-refractivity contribution in [3.05, 3.63) is 35.6 Å². The third kappa shape index (κ3) is 4.66. The lowest BCUT2D eigenvalue weighted by Crippen LogP contribution is -2.59. The number of carbonyl (C=O) groups excluding carboxylic acids is 3. The quantitative estimate of drug-likeness (QED) is 0.397. The van der Waals surface area contributed by atoms with Crippen LogP contribution in [0, 0.1) is 5.82 Å². The van der Waals surface area contributed by atoms with E-state index < -0.39 is 33.7 Å². The summed E-state index contributed by atoms with van der Waals surface area (Å²) >= 11 is 0. The number of ketones is 1. The fourth-order valence-electron chi connectivity index (χ4n) is 3.31. The molecule has 2 heterocycles. The van der Waals surface area contributed by atoms with E-state index in [4.69, 9.17) is 0 Å². The monoisotopic (exact) mass is 438 g/mol. The van der Waals surface area contributed by atoms with Crippen molar-refractivity contribution in [2.45, 2.75) is 31.7 Å². The largest absolute Gasteiger partial charge is 0.354 e. The van der Waals surface area contributed by atoms with Crippen LogP contribution < -0.4 is 5.32 Å². The van der Waals surface area contributed by atoms with Crippen LogP contribution in [-0.4, -0.2) is 73.1 Å². The van der Waals surface area contributed by atoms with Crippen LogP contribution in [0.25, 0.3) is 0 Å². The molecule has 1 unspecified atom stereocenters. The van der Waals surface area contributed by atoms with Crippen LogP contribution in [0.4, 0.5) is 4.39 Å². The van der Waals surface area contributed by atoms with Crippen molar-refractivity contribution in [3.63, 3.8) is 0 Å². The van der Waals surface area contributed by atoms with Crippen LogP contribution in [0.2, 0.25) is 0 Å². The number of hydrogen-bond donors (Lipinski definition) is 1. The minimum Gasteiger partial charge on any atom is -0.354 e. The number of Topliss-reactive ketones (excluding diaryl/α,β-unsaturated/α-hetero) is 1.